The van der Waals surface area contributed by atoms with Crippen LogP contribution >= 0.6 is 11.8 Å². The summed E-state index contributed by atoms with van der Waals surface area (Å²) in [5.41, 5.74) is 1.13. The molecule has 0 aromatic carbocycles. The van der Waals surface area contributed by atoms with Gasteiger partial charge in [0.05, 0.1) is 0 Å². The summed E-state index contributed by atoms with van der Waals surface area (Å²) in [6.07, 6.45) is 3.82. The van der Waals surface area contributed by atoms with Gasteiger partial charge in [-0.15, -0.1) is 0 Å². The van der Waals surface area contributed by atoms with Crippen LogP contribution in [0.4, 0.5) is 5.95 Å². The zero-order valence-electron chi connectivity index (χ0n) is 9.81. The first-order valence-corrected chi connectivity index (χ1v) is 6.76. The average Bonchev–Trinajstić information content (AvgIpc) is 2.31. The molecule has 88 valence electrons. The van der Waals surface area contributed by atoms with Gasteiger partial charge in [0.15, 0.2) is 0 Å². The van der Waals surface area contributed by atoms with Crippen molar-refractivity contribution in [2.45, 2.75) is 19.5 Å². The number of aromatic nitrogens is 2. The SMILES string of the molecule is CNCc1cnc(N2CCSCC2C)nc1. The lowest BCUT2D eigenvalue weighted by atomic mass is 10.3. The Kier molecular flexibility index (Phi) is 4.01. The number of thioether (sulfide) groups is 1. The highest BCUT2D eigenvalue weighted by molar-refractivity contribution is 7.99. The summed E-state index contributed by atoms with van der Waals surface area (Å²) in [6.45, 7) is 4.11. The Morgan fingerprint density at radius 3 is 2.88 bits per heavy atom. The smallest absolute Gasteiger partial charge is 0.225 e. The van der Waals surface area contributed by atoms with Crippen molar-refractivity contribution in [2.75, 3.05) is 30.0 Å². The van der Waals surface area contributed by atoms with Gasteiger partial charge < -0.3 is 10.2 Å². The molecule has 0 radical (unpaired) electrons. The molecule has 1 aliphatic rings. The lowest BCUT2D eigenvalue weighted by Gasteiger charge is -2.32. The van der Waals surface area contributed by atoms with Crippen molar-refractivity contribution in [3.63, 3.8) is 0 Å². The second-order valence-electron chi connectivity index (χ2n) is 4.04. The van der Waals surface area contributed by atoms with Gasteiger partial charge >= 0.3 is 0 Å². The highest BCUT2D eigenvalue weighted by atomic mass is 32.2. The minimum atomic E-state index is 0.536. The van der Waals surface area contributed by atoms with E-state index >= 15 is 0 Å². The van der Waals surface area contributed by atoms with E-state index in [1.165, 1.54) is 11.5 Å². The Balaban J connectivity index is 2.08. The molecule has 1 fully saturated rings. The molecule has 0 bridgehead atoms. The molecule has 2 heterocycles. The Hall–Kier alpha value is -0.810. The molecular formula is C11H18N4S. The van der Waals surface area contributed by atoms with Gasteiger partial charge in [0.25, 0.3) is 0 Å². The van der Waals surface area contributed by atoms with Gasteiger partial charge in [-0.05, 0) is 14.0 Å². The van der Waals surface area contributed by atoms with Crippen LogP contribution in [-0.4, -0.2) is 41.1 Å². The largest absolute Gasteiger partial charge is 0.336 e. The molecule has 1 aromatic rings. The Labute approximate surface area is 101 Å². The van der Waals surface area contributed by atoms with Crippen LogP contribution in [0.5, 0.6) is 0 Å². The number of hydrogen-bond acceptors (Lipinski definition) is 5. The summed E-state index contributed by atoms with van der Waals surface area (Å²) in [4.78, 5) is 11.2. The first-order chi connectivity index (χ1) is 7.81. The zero-order valence-corrected chi connectivity index (χ0v) is 10.6. The minimum absolute atomic E-state index is 0.536. The standard InChI is InChI=1S/C11H18N4S/c1-9-8-16-4-3-15(9)11-13-6-10(5-12-2)7-14-11/h6-7,9,12H,3-5,8H2,1-2H3. The molecule has 0 spiro atoms. The molecule has 4 nitrogen and oxygen atoms in total. The van der Waals surface area contributed by atoms with Crippen LogP contribution in [0, 0.1) is 0 Å². The molecule has 0 saturated carbocycles. The van der Waals surface area contributed by atoms with E-state index in [0.717, 1.165) is 24.6 Å². The third-order valence-electron chi connectivity index (χ3n) is 2.70. The molecule has 1 N–H and O–H groups in total. The molecular weight excluding hydrogens is 220 g/mol. The van der Waals surface area contributed by atoms with E-state index < -0.39 is 0 Å². The summed E-state index contributed by atoms with van der Waals surface area (Å²) in [6, 6.07) is 0.536. The van der Waals surface area contributed by atoms with Crippen LogP contribution in [0.25, 0.3) is 0 Å². The highest BCUT2D eigenvalue weighted by Crippen LogP contribution is 2.20. The van der Waals surface area contributed by atoms with E-state index in [9.17, 15) is 0 Å². The second kappa shape index (κ2) is 5.50. The number of anilines is 1. The highest BCUT2D eigenvalue weighted by Gasteiger charge is 2.20. The Bertz CT molecular complexity index is 327. The van der Waals surface area contributed by atoms with Gasteiger partial charge in [-0.25, -0.2) is 9.97 Å². The van der Waals surface area contributed by atoms with Crippen molar-refractivity contribution >= 4 is 17.7 Å². The average molecular weight is 238 g/mol. The van der Waals surface area contributed by atoms with Gasteiger partial charge in [0.2, 0.25) is 5.95 Å². The first-order valence-electron chi connectivity index (χ1n) is 5.61. The Morgan fingerprint density at radius 2 is 2.25 bits per heavy atom. The fourth-order valence-corrected chi connectivity index (χ4v) is 2.83. The number of rotatable bonds is 3. The fourth-order valence-electron chi connectivity index (χ4n) is 1.82. The molecule has 0 amide bonds. The summed E-state index contributed by atoms with van der Waals surface area (Å²) in [5, 5.41) is 3.09. The fraction of sp³-hybridized carbons (Fsp3) is 0.636. The van der Waals surface area contributed by atoms with Crippen molar-refractivity contribution in [3.8, 4) is 0 Å². The monoisotopic (exact) mass is 238 g/mol. The molecule has 1 unspecified atom stereocenters. The zero-order chi connectivity index (χ0) is 11.4. The summed E-state index contributed by atoms with van der Waals surface area (Å²) in [7, 11) is 1.93. The predicted molar refractivity (Wildman–Crippen MR) is 68.9 cm³/mol. The third-order valence-corrected chi connectivity index (χ3v) is 3.89. The minimum Gasteiger partial charge on any atom is -0.336 e. The Morgan fingerprint density at radius 1 is 1.50 bits per heavy atom. The summed E-state index contributed by atoms with van der Waals surface area (Å²) < 4.78 is 0. The van der Waals surface area contributed by atoms with E-state index in [1.54, 1.807) is 0 Å². The number of nitrogens with zero attached hydrogens (tertiary/aromatic N) is 3. The van der Waals surface area contributed by atoms with Crippen LogP contribution in [0.2, 0.25) is 0 Å². The molecule has 1 aromatic heterocycles. The molecule has 2 rings (SSSR count). The predicted octanol–water partition coefficient (Wildman–Crippen LogP) is 1.14. The van der Waals surface area contributed by atoms with E-state index in [-0.39, 0.29) is 0 Å². The molecule has 1 saturated heterocycles. The van der Waals surface area contributed by atoms with Crippen LogP contribution < -0.4 is 10.2 Å². The van der Waals surface area contributed by atoms with Crippen molar-refractivity contribution in [2.24, 2.45) is 0 Å². The quantitative estimate of drug-likeness (QED) is 0.855. The maximum atomic E-state index is 4.44. The van der Waals surface area contributed by atoms with Gasteiger partial charge in [-0.1, -0.05) is 0 Å². The molecule has 1 aliphatic heterocycles. The van der Waals surface area contributed by atoms with Crippen molar-refractivity contribution in [1.82, 2.24) is 15.3 Å². The van der Waals surface area contributed by atoms with E-state index in [2.05, 4.69) is 27.1 Å². The van der Waals surface area contributed by atoms with Gasteiger partial charge in [0, 0.05) is 48.6 Å². The van der Waals surface area contributed by atoms with Crippen LogP contribution in [0.15, 0.2) is 12.4 Å². The summed E-state index contributed by atoms with van der Waals surface area (Å²) >= 11 is 2.01. The lowest BCUT2D eigenvalue weighted by molar-refractivity contribution is 0.675. The van der Waals surface area contributed by atoms with Gasteiger partial charge in [-0.3, -0.25) is 0 Å². The lowest BCUT2D eigenvalue weighted by Crippen LogP contribution is -2.41. The van der Waals surface area contributed by atoms with E-state index in [4.69, 9.17) is 0 Å². The van der Waals surface area contributed by atoms with Crippen molar-refractivity contribution < 1.29 is 0 Å². The number of nitrogens with one attached hydrogen (secondary N) is 1. The maximum absolute atomic E-state index is 4.44. The maximum Gasteiger partial charge on any atom is 0.225 e. The third kappa shape index (κ3) is 2.65. The first kappa shape index (κ1) is 11.7. The van der Waals surface area contributed by atoms with Gasteiger partial charge in [-0.2, -0.15) is 11.8 Å². The summed E-state index contributed by atoms with van der Waals surface area (Å²) in [5.74, 6) is 3.21. The number of hydrogen-bond donors (Lipinski definition) is 1. The van der Waals surface area contributed by atoms with E-state index in [1.807, 2.05) is 31.2 Å². The second-order valence-corrected chi connectivity index (χ2v) is 5.19. The van der Waals surface area contributed by atoms with Crippen LogP contribution in [0.3, 0.4) is 0 Å². The van der Waals surface area contributed by atoms with Crippen molar-refractivity contribution in [3.05, 3.63) is 18.0 Å². The molecule has 0 aliphatic carbocycles. The molecule has 16 heavy (non-hydrogen) atoms. The van der Waals surface area contributed by atoms with Gasteiger partial charge in [0.1, 0.15) is 0 Å². The van der Waals surface area contributed by atoms with Crippen LogP contribution in [-0.2, 0) is 6.54 Å². The normalized spacial score (nSPS) is 21.1. The van der Waals surface area contributed by atoms with E-state index in [0.29, 0.717) is 6.04 Å². The van der Waals surface area contributed by atoms with Crippen molar-refractivity contribution in [1.29, 1.82) is 0 Å². The molecule has 5 heteroatoms. The van der Waals surface area contributed by atoms with Crippen LogP contribution in [0.1, 0.15) is 12.5 Å². The molecule has 1 atom stereocenters. The topological polar surface area (TPSA) is 41.1 Å².